The van der Waals surface area contributed by atoms with Gasteiger partial charge in [0.05, 0.1) is 24.0 Å². The average molecular weight is 394 g/mol. The molecule has 0 aromatic carbocycles. The van der Waals surface area contributed by atoms with Crippen molar-refractivity contribution in [3.63, 3.8) is 0 Å². The molecule has 0 aliphatic carbocycles. The molecule has 0 atom stereocenters. The SMILES string of the molecule is FC(F)c1nnc(-c2ccc(Cn3cc(-c4cnc5[nH]ccc5c4)nn3)nc2)o1. The number of fused-ring (bicyclic) bond motifs is 1. The first kappa shape index (κ1) is 17.1. The summed E-state index contributed by atoms with van der Waals surface area (Å²) in [4.78, 5) is 11.7. The Balaban J connectivity index is 1.32. The van der Waals surface area contributed by atoms with Crippen molar-refractivity contribution in [1.82, 2.24) is 40.1 Å². The van der Waals surface area contributed by atoms with E-state index in [9.17, 15) is 8.78 Å². The summed E-state index contributed by atoms with van der Waals surface area (Å²) in [7, 11) is 0. The van der Waals surface area contributed by atoms with E-state index in [-0.39, 0.29) is 5.89 Å². The second kappa shape index (κ2) is 6.86. The molecule has 11 heteroatoms. The first-order valence-electron chi connectivity index (χ1n) is 8.56. The third-order valence-corrected chi connectivity index (χ3v) is 4.26. The number of pyridine rings is 2. The van der Waals surface area contributed by atoms with Gasteiger partial charge in [0, 0.05) is 29.5 Å². The van der Waals surface area contributed by atoms with Crippen LogP contribution in [0.3, 0.4) is 0 Å². The lowest BCUT2D eigenvalue weighted by molar-refractivity contribution is 0.116. The summed E-state index contributed by atoms with van der Waals surface area (Å²) in [5, 5.41) is 16.2. The van der Waals surface area contributed by atoms with Gasteiger partial charge in [0.2, 0.25) is 5.89 Å². The number of rotatable bonds is 5. The van der Waals surface area contributed by atoms with E-state index < -0.39 is 12.3 Å². The van der Waals surface area contributed by atoms with Crippen molar-refractivity contribution < 1.29 is 13.2 Å². The van der Waals surface area contributed by atoms with E-state index in [1.807, 2.05) is 18.3 Å². The molecule has 0 spiro atoms. The molecular formula is C18H12F2N8O. The molecule has 5 heterocycles. The zero-order valence-corrected chi connectivity index (χ0v) is 14.7. The first-order valence-corrected chi connectivity index (χ1v) is 8.56. The van der Waals surface area contributed by atoms with Crippen LogP contribution in [0, 0.1) is 0 Å². The van der Waals surface area contributed by atoms with Gasteiger partial charge in [-0.05, 0) is 24.3 Å². The fraction of sp³-hybridized carbons (Fsp3) is 0.111. The third-order valence-electron chi connectivity index (χ3n) is 4.26. The van der Waals surface area contributed by atoms with Crippen LogP contribution >= 0.6 is 0 Å². The molecule has 0 saturated heterocycles. The molecule has 5 rings (SSSR count). The van der Waals surface area contributed by atoms with Crippen molar-refractivity contribution >= 4 is 11.0 Å². The van der Waals surface area contributed by atoms with Gasteiger partial charge in [-0.3, -0.25) is 4.98 Å². The van der Waals surface area contributed by atoms with Crippen molar-refractivity contribution in [3.8, 4) is 22.7 Å². The number of halogens is 2. The largest absolute Gasteiger partial charge is 0.415 e. The van der Waals surface area contributed by atoms with Gasteiger partial charge in [-0.2, -0.15) is 8.78 Å². The molecule has 29 heavy (non-hydrogen) atoms. The van der Waals surface area contributed by atoms with Crippen LogP contribution in [0.2, 0.25) is 0 Å². The molecule has 5 aromatic heterocycles. The zero-order chi connectivity index (χ0) is 19.8. The fourth-order valence-electron chi connectivity index (χ4n) is 2.84. The molecule has 0 fully saturated rings. The van der Waals surface area contributed by atoms with Crippen LogP contribution in [0.1, 0.15) is 18.0 Å². The van der Waals surface area contributed by atoms with Crippen LogP contribution in [0.5, 0.6) is 0 Å². The Morgan fingerprint density at radius 3 is 2.72 bits per heavy atom. The van der Waals surface area contributed by atoms with Crippen LogP contribution in [-0.2, 0) is 6.54 Å². The number of nitrogens with one attached hydrogen (secondary N) is 1. The number of hydrogen-bond donors (Lipinski definition) is 1. The van der Waals surface area contributed by atoms with Gasteiger partial charge in [-0.15, -0.1) is 15.3 Å². The van der Waals surface area contributed by atoms with Gasteiger partial charge < -0.3 is 9.40 Å². The topological polar surface area (TPSA) is 111 Å². The molecule has 0 unspecified atom stereocenters. The summed E-state index contributed by atoms with van der Waals surface area (Å²) in [6.45, 7) is 0.388. The maximum absolute atomic E-state index is 12.6. The quantitative estimate of drug-likeness (QED) is 0.487. The van der Waals surface area contributed by atoms with Crippen molar-refractivity contribution in [2.75, 3.05) is 0 Å². The van der Waals surface area contributed by atoms with Gasteiger partial charge in [0.1, 0.15) is 11.3 Å². The standard InChI is InChI=1S/C18H12F2N8O/c19-15(20)18-26-25-17(29-18)11-1-2-13(22-6-11)8-28-9-14(24-27-28)12-5-10-3-4-21-16(10)23-7-12/h1-7,9,15H,8H2,(H,21,23). The summed E-state index contributed by atoms with van der Waals surface area (Å²) >= 11 is 0. The zero-order valence-electron chi connectivity index (χ0n) is 14.7. The Morgan fingerprint density at radius 2 is 1.93 bits per heavy atom. The van der Waals surface area contributed by atoms with Crippen molar-refractivity contribution in [1.29, 1.82) is 0 Å². The van der Waals surface area contributed by atoms with Crippen LogP contribution < -0.4 is 0 Å². The number of hydrogen-bond acceptors (Lipinski definition) is 7. The Morgan fingerprint density at radius 1 is 1.03 bits per heavy atom. The summed E-state index contributed by atoms with van der Waals surface area (Å²) < 4.78 is 31.7. The van der Waals surface area contributed by atoms with Gasteiger partial charge >= 0.3 is 6.43 Å². The Labute approximate surface area is 161 Å². The molecule has 144 valence electrons. The predicted molar refractivity (Wildman–Crippen MR) is 96.7 cm³/mol. The van der Waals surface area contributed by atoms with Crippen molar-refractivity contribution in [2.45, 2.75) is 13.0 Å². The molecule has 1 N–H and O–H groups in total. The summed E-state index contributed by atoms with van der Waals surface area (Å²) in [6.07, 6.45) is 4.05. The lowest BCUT2D eigenvalue weighted by atomic mass is 10.2. The smallest absolute Gasteiger partial charge is 0.314 e. The second-order valence-corrected chi connectivity index (χ2v) is 6.23. The highest BCUT2D eigenvalue weighted by Gasteiger charge is 2.17. The van der Waals surface area contributed by atoms with Gasteiger partial charge in [-0.1, -0.05) is 5.21 Å². The maximum Gasteiger partial charge on any atom is 0.314 e. The van der Waals surface area contributed by atoms with Crippen LogP contribution in [-0.4, -0.2) is 40.1 Å². The highest BCUT2D eigenvalue weighted by atomic mass is 19.3. The molecule has 0 saturated carbocycles. The van der Waals surface area contributed by atoms with Crippen molar-refractivity contribution in [3.05, 3.63) is 60.6 Å². The molecule has 0 bridgehead atoms. The Hall–Kier alpha value is -4.02. The van der Waals surface area contributed by atoms with Crippen LogP contribution in [0.15, 0.2) is 53.5 Å². The normalized spacial score (nSPS) is 11.6. The lowest BCUT2D eigenvalue weighted by Gasteiger charge is -2.01. The van der Waals surface area contributed by atoms with E-state index in [0.717, 1.165) is 16.6 Å². The highest BCUT2D eigenvalue weighted by molar-refractivity contribution is 5.80. The number of H-pyrrole nitrogens is 1. The number of alkyl halides is 2. The first-order chi connectivity index (χ1) is 14.2. The van der Waals surface area contributed by atoms with Crippen LogP contribution in [0.25, 0.3) is 33.7 Å². The minimum atomic E-state index is -2.81. The molecular weight excluding hydrogens is 382 g/mol. The molecule has 5 aromatic rings. The fourth-order valence-corrected chi connectivity index (χ4v) is 2.84. The molecule has 0 amide bonds. The van der Waals surface area contributed by atoms with Gasteiger partial charge in [0.15, 0.2) is 0 Å². The molecule has 0 radical (unpaired) electrons. The van der Waals surface area contributed by atoms with E-state index in [0.29, 0.717) is 23.5 Å². The minimum absolute atomic E-state index is 0.00459. The average Bonchev–Trinajstić information content (AvgIpc) is 3.48. The maximum atomic E-state index is 12.6. The highest BCUT2D eigenvalue weighted by Crippen LogP contribution is 2.23. The molecule has 0 aliphatic rings. The number of nitrogens with zero attached hydrogens (tertiary/aromatic N) is 7. The summed E-state index contributed by atoms with van der Waals surface area (Å²) in [5.74, 6) is -0.721. The molecule has 9 nitrogen and oxygen atoms in total. The van der Waals surface area contributed by atoms with E-state index in [1.165, 1.54) is 6.20 Å². The minimum Gasteiger partial charge on any atom is -0.415 e. The lowest BCUT2D eigenvalue weighted by Crippen LogP contribution is -2.02. The Bertz CT molecular complexity index is 1270. The van der Waals surface area contributed by atoms with Gasteiger partial charge in [0.25, 0.3) is 5.89 Å². The Kier molecular flexibility index (Phi) is 4.04. The molecule has 0 aliphatic heterocycles. The monoisotopic (exact) mass is 394 g/mol. The van der Waals surface area contributed by atoms with Gasteiger partial charge in [-0.25, -0.2) is 9.67 Å². The number of aromatic amines is 1. The van der Waals surface area contributed by atoms with E-state index >= 15 is 0 Å². The second-order valence-electron chi connectivity index (χ2n) is 6.23. The van der Waals surface area contributed by atoms with E-state index in [1.54, 1.807) is 29.2 Å². The van der Waals surface area contributed by atoms with E-state index in [4.69, 9.17) is 4.42 Å². The van der Waals surface area contributed by atoms with E-state index in [2.05, 4.69) is 35.5 Å². The number of aromatic nitrogens is 8. The third kappa shape index (κ3) is 3.33. The predicted octanol–water partition coefficient (Wildman–Crippen LogP) is 3.25. The van der Waals surface area contributed by atoms with Crippen molar-refractivity contribution in [2.24, 2.45) is 0 Å². The van der Waals surface area contributed by atoms with Crippen LogP contribution in [0.4, 0.5) is 8.78 Å². The summed E-state index contributed by atoms with van der Waals surface area (Å²) in [6, 6.07) is 7.33. The summed E-state index contributed by atoms with van der Waals surface area (Å²) in [5.41, 5.74) is 3.53.